The molecule has 2 aromatic carbocycles. The lowest BCUT2D eigenvalue weighted by atomic mass is 10.0. The summed E-state index contributed by atoms with van der Waals surface area (Å²) in [5.74, 6) is 0.100. The molecule has 0 spiro atoms. The van der Waals surface area contributed by atoms with Gasteiger partial charge >= 0.3 is 5.97 Å². The molecule has 2 N–H and O–H groups in total. The molecule has 0 bridgehead atoms. The van der Waals surface area contributed by atoms with Crippen LogP contribution in [0.25, 0.3) is 0 Å². The van der Waals surface area contributed by atoms with Crippen molar-refractivity contribution in [2.75, 3.05) is 5.75 Å². The summed E-state index contributed by atoms with van der Waals surface area (Å²) in [4.78, 5) is 23.5. The van der Waals surface area contributed by atoms with Gasteiger partial charge in [0, 0.05) is 11.3 Å². The molecule has 6 heteroatoms. The van der Waals surface area contributed by atoms with E-state index in [1.807, 2.05) is 12.1 Å². The molecule has 1 amide bonds. The largest absolute Gasteiger partial charge is 0.481 e. The van der Waals surface area contributed by atoms with E-state index in [1.54, 1.807) is 23.9 Å². The molecule has 1 atom stereocenters. The highest BCUT2D eigenvalue weighted by molar-refractivity contribution is 7.98. The average molecular weight is 361 g/mol. The summed E-state index contributed by atoms with van der Waals surface area (Å²) in [6.07, 6.45) is -0.275. The fraction of sp³-hybridized carbons (Fsp3) is 0.263. The van der Waals surface area contributed by atoms with E-state index in [4.69, 9.17) is 5.11 Å². The van der Waals surface area contributed by atoms with E-state index >= 15 is 0 Å². The quantitative estimate of drug-likeness (QED) is 0.745. The minimum atomic E-state index is -1.04. The molecule has 0 aromatic heterocycles. The fourth-order valence-corrected chi connectivity index (χ4v) is 2.97. The van der Waals surface area contributed by atoms with E-state index in [-0.39, 0.29) is 12.3 Å². The van der Waals surface area contributed by atoms with Crippen molar-refractivity contribution in [3.05, 3.63) is 71.0 Å². The molecule has 132 valence electrons. The van der Waals surface area contributed by atoms with Crippen molar-refractivity contribution < 1.29 is 19.1 Å². The van der Waals surface area contributed by atoms with Gasteiger partial charge in [0.1, 0.15) is 5.82 Å². The van der Waals surface area contributed by atoms with Gasteiger partial charge in [-0.3, -0.25) is 9.59 Å². The van der Waals surface area contributed by atoms with Crippen molar-refractivity contribution in [2.24, 2.45) is 0 Å². The number of hydrogen-bond donors (Lipinski definition) is 2. The van der Waals surface area contributed by atoms with Crippen molar-refractivity contribution in [3.8, 4) is 0 Å². The van der Waals surface area contributed by atoms with E-state index in [2.05, 4.69) is 12.2 Å². The van der Waals surface area contributed by atoms with Gasteiger partial charge in [-0.25, -0.2) is 4.39 Å². The molecule has 25 heavy (non-hydrogen) atoms. The highest BCUT2D eigenvalue weighted by atomic mass is 32.2. The van der Waals surface area contributed by atoms with Gasteiger partial charge in [0.25, 0.3) is 5.91 Å². The van der Waals surface area contributed by atoms with Gasteiger partial charge in [-0.2, -0.15) is 11.8 Å². The Labute approximate surface area is 150 Å². The van der Waals surface area contributed by atoms with Crippen LogP contribution in [-0.4, -0.2) is 22.7 Å². The number of nitrogens with one attached hydrogen (secondary N) is 1. The molecule has 1 unspecified atom stereocenters. The van der Waals surface area contributed by atoms with E-state index < -0.39 is 17.8 Å². The zero-order chi connectivity index (χ0) is 18.2. The first kappa shape index (κ1) is 19.0. The van der Waals surface area contributed by atoms with Gasteiger partial charge in [0.15, 0.2) is 0 Å². The zero-order valence-corrected chi connectivity index (χ0v) is 14.7. The average Bonchev–Trinajstić information content (AvgIpc) is 2.60. The van der Waals surface area contributed by atoms with E-state index in [1.165, 1.54) is 24.3 Å². The third kappa shape index (κ3) is 5.90. The Kier molecular flexibility index (Phi) is 7.01. The van der Waals surface area contributed by atoms with Gasteiger partial charge in [-0.15, -0.1) is 0 Å². The lowest BCUT2D eigenvalue weighted by molar-refractivity contribution is -0.137. The molecule has 0 aliphatic carbocycles. The molecule has 0 fully saturated rings. The topological polar surface area (TPSA) is 66.4 Å². The van der Waals surface area contributed by atoms with Gasteiger partial charge in [0.2, 0.25) is 0 Å². The molecule has 0 radical (unpaired) electrons. The lowest BCUT2D eigenvalue weighted by Crippen LogP contribution is -2.30. The van der Waals surface area contributed by atoms with Crippen LogP contribution in [0.15, 0.2) is 48.5 Å². The van der Waals surface area contributed by atoms with Gasteiger partial charge in [-0.1, -0.05) is 31.2 Å². The second-order valence-corrected chi connectivity index (χ2v) is 6.78. The van der Waals surface area contributed by atoms with E-state index in [9.17, 15) is 14.0 Å². The lowest BCUT2D eigenvalue weighted by Gasteiger charge is -2.17. The number of aliphatic carboxylic acids is 1. The zero-order valence-electron chi connectivity index (χ0n) is 13.9. The van der Waals surface area contributed by atoms with Crippen molar-refractivity contribution in [1.82, 2.24) is 5.32 Å². The summed E-state index contributed by atoms with van der Waals surface area (Å²) < 4.78 is 13.1. The van der Waals surface area contributed by atoms with Crippen LogP contribution in [-0.2, 0) is 10.5 Å². The first-order valence-corrected chi connectivity index (χ1v) is 9.10. The number of amides is 1. The minimum absolute atomic E-state index is 0.275. The van der Waals surface area contributed by atoms with Crippen LogP contribution in [0, 0.1) is 5.82 Å². The Balaban J connectivity index is 2.10. The highest BCUT2D eigenvalue weighted by Crippen LogP contribution is 2.19. The third-order valence-corrected chi connectivity index (χ3v) is 4.59. The molecular weight excluding hydrogens is 341 g/mol. The molecule has 0 saturated carbocycles. The van der Waals surface area contributed by atoms with Gasteiger partial charge < -0.3 is 10.4 Å². The SMILES string of the molecule is CCSCc1ccc(C(=O)NC(CC(=O)O)c2ccc(F)cc2)cc1. The number of rotatable bonds is 8. The Morgan fingerprint density at radius 1 is 1.12 bits per heavy atom. The number of hydrogen-bond acceptors (Lipinski definition) is 3. The third-order valence-electron chi connectivity index (χ3n) is 3.65. The molecule has 0 aliphatic heterocycles. The molecule has 2 aromatic rings. The smallest absolute Gasteiger partial charge is 0.305 e. The minimum Gasteiger partial charge on any atom is -0.481 e. The first-order valence-electron chi connectivity index (χ1n) is 7.94. The molecular formula is C19H20FNO3S. The Morgan fingerprint density at radius 2 is 1.76 bits per heavy atom. The molecule has 0 heterocycles. The maximum absolute atomic E-state index is 13.1. The second-order valence-electron chi connectivity index (χ2n) is 5.51. The summed E-state index contributed by atoms with van der Waals surface area (Å²) in [5.41, 5.74) is 2.14. The monoisotopic (exact) mass is 361 g/mol. The van der Waals surface area contributed by atoms with Crippen molar-refractivity contribution in [3.63, 3.8) is 0 Å². The normalized spacial score (nSPS) is 11.8. The summed E-state index contributed by atoms with van der Waals surface area (Å²) in [5, 5.41) is 11.8. The van der Waals surface area contributed by atoms with Crippen LogP contribution in [0.4, 0.5) is 4.39 Å². The first-order chi connectivity index (χ1) is 12.0. The molecule has 0 saturated heterocycles. The van der Waals surface area contributed by atoms with Crippen molar-refractivity contribution >= 4 is 23.6 Å². The second kappa shape index (κ2) is 9.22. The maximum Gasteiger partial charge on any atom is 0.305 e. The van der Waals surface area contributed by atoms with Crippen LogP contribution >= 0.6 is 11.8 Å². The van der Waals surface area contributed by atoms with Gasteiger partial charge in [0.05, 0.1) is 12.5 Å². The standard InChI is InChI=1S/C19H20FNO3S/c1-2-25-12-13-3-5-15(6-4-13)19(24)21-17(11-18(22)23)14-7-9-16(20)10-8-14/h3-10,17H,2,11-12H2,1H3,(H,21,24)(H,22,23). The number of benzene rings is 2. The molecule has 0 aliphatic rings. The predicted octanol–water partition coefficient (Wildman–Crippen LogP) is 4.02. The van der Waals surface area contributed by atoms with Crippen LogP contribution in [0.1, 0.15) is 40.9 Å². The van der Waals surface area contributed by atoms with E-state index in [0.717, 1.165) is 17.1 Å². The maximum atomic E-state index is 13.1. The number of carboxylic acid groups (broad SMARTS) is 1. The van der Waals surface area contributed by atoms with E-state index in [0.29, 0.717) is 11.1 Å². The Bertz CT molecular complexity index is 716. The van der Waals surface area contributed by atoms with Crippen molar-refractivity contribution in [1.29, 1.82) is 0 Å². The summed E-state index contributed by atoms with van der Waals surface area (Å²) in [7, 11) is 0. The van der Waals surface area contributed by atoms with Crippen LogP contribution < -0.4 is 5.32 Å². The summed E-state index contributed by atoms with van der Waals surface area (Å²) >= 11 is 1.79. The molecule has 2 rings (SSSR count). The summed E-state index contributed by atoms with van der Waals surface area (Å²) in [6.45, 7) is 2.09. The highest BCUT2D eigenvalue weighted by Gasteiger charge is 2.19. The van der Waals surface area contributed by atoms with Gasteiger partial charge in [-0.05, 0) is 41.1 Å². The number of carbonyl (C=O) groups is 2. The summed E-state index contributed by atoms with van der Waals surface area (Å²) in [6, 6.07) is 12.0. The van der Waals surface area contributed by atoms with Crippen LogP contribution in [0.3, 0.4) is 0 Å². The number of halogens is 1. The van der Waals surface area contributed by atoms with Crippen LogP contribution in [0.5, 0.6) is 0 Å². The number of carboxylic acids is 1. The predicted molar refractivity (Wildman–Crippen MR) is 97.1 cm³/mol. The number of thioether (sulfide) groups is 1. The Morgan fingerprint density at radius 3 is 2.32 bits per heavy atom. The fourth-order valence-electron chi connectivity index (χ4n) is 2.34. The molecule has 4 nitrogen and oxygen atoms in total. The van der Waals surface area contributed by atoms with Crippen molar-refractivity contribution in [2.45, 2.75) is 25.1 Å². The van der Waals surface area contributed by atoms with Crippen LogP contribution in [0.2, 0.25) is 0 Å². The Hall–Kier alpha value is -2.34. The number of carbonyl (C=O) groups excluding carboxylic acids is 1.